The van der Waals surface area contributed by atoms with Crippen molar-refractivity contribution in [3.05, 3.63) is 34.5 Å². The smallest absolute Gasteiger partial charge is 0.0515 e. The predicted octanol–water partition coefficient (Wildman–Crippen LogP) is 2.60. The van der Waals surface area contributed by atoms with Crippen LogP contribution in [0.5, 0.6) is 0 Å². The van der Waals surface area contributed by atoms with Crippen molar-refractivity contribution in [1.29, 1.82) is 0 Å². The van der Waals surface area contributed by atoms with Gasteiger partial charge in [-0.15, -0.1) is 0 Å². The van der Waals surface area contributed by atoms with Gasteiger partial charge in [-0.2, -0.15) is 0 Å². The summed E-state index contributed by atoms with van der Waals surface area (Å²) in [4.78, 5) is 0. The minimum atomic E-state index is 0.711. The Kier molecular flexibility index (Phi) is 2.76. The van der Waals surface area contributed by atoms with Crippen LogP contribution >= 0.6 is 0 Å². The number of fused-ring (bicyclic) bond motifs is 1. The molecule has 2 nitrogen and oxygen atoms in total. The van der Waals surface area contributed by atoms with Crippen molar-refractivity contribution in [2.75, 3.05) is 6.54 Å². The molecule has 86 valence electrons. The van der Waals surface area contributed by atoms with Crippen molar-refractivity contribution >= 4 is 10.9 Å². The first-order chi connectivity index (χ1) is 7.57. The highest BCUT2D eigenvalue weighted by Gasteiger charge is 2.13. The molecule has 1 aromatic heterocycles. The first-order valence-electron chi connectivity index (χ1n) is 5.82. The molecule has 2 heteroatoms. The third-order valence-corrected chi connectivity index (χ3v) is 3.66. The van der Waals surface area contributed by atoms with E-state index in [1.54, 1.807) is 0 Å². The van der Waals surface area contributed by atoms with Crippen molar-refractivity contribution in [2.24, 2.45) is 12.8 Å². The van der Waals surface area contributed by atoms with Gasteiger partial charge in [0.1, 0.15) is 0 Å². The molecule has 2 N–H and O–H groups in total. The van der Waals surface area contributed by atoms with Crippen LogP contribution in [0.25, 0.3) is 10.9 Å². The Bertz CT molecular complexity index is 535. The van der Waals surface area contributed by atoms with E-state index in [9.17, 15) is 0 Å². The molecule has 0 radical (unpaired) electrons. The van der Waals surface area contributed by atoms with E-state index in [1.807, 2.05) is 0 Å². The molecule has 1 heterocycles. The molecule has 0 saturated heterocycles. The summed E-state index contributed by atoms with van der Waals surface area (Å²) in [5.41, 5.74) is 12.5. The summed E-state index contributed by atoms with van der Waals surface area (Å²) < 4.78 is 2.31. The molecule has 0 spiro atoms. The van der Waals surface area contributed by atoms with Gasteiger partial charge in [-0.05, 0) is 44.0 Å². The van der Waals surface area contributed by atoms with Crippen LogP contribution in [-0.4, -0.2) is 11.1 Å². The molecule has 2 rings (SSSR count). The zero-order valence-corrected chi connectivity index (χ0v) is 10.6. The lowest BCUT2D eigenvalue weighted by atomic mass is 10.0. The second-order valence-corrected chi connectivity index (χ2v) is 4.57. The van der Waals surface area contributed by atoms with Crippen molar-refractivity contribution in [1.82, 2.24) is 4.57 Å². The Hall–Kier alpha value is -1.28. The van der Waals surface area contributed by atoms with Gasteiger partial charge < -0.3 is 10.3 Å². The highest BCUT2D eigenvalue weighted by atomic mass is 15.0. The molecular formula is C14H20N2. The Morgan fingerprint density at radius 2 is 1.81 bits per heavy atom. The summed E-state index contributed by atoms with van der Waals surface area (Å²) in [7, 11) is 2.15. The van der Waals surface area contributed by atoms with Crippen LogP contribution in [0.2, 0.25) is 0 Å². The maximum absolute atomic E-state index is 5.67. The summed E-state index contributed by atoms with van der Waals surface area (Å²) in [6.07, 6.45) is 0.954. The van der Waals surface area contributed by atoms with E-state index in [0.29, 0.717) is 6.54 Å². The topological polar surface area (TPSA) is 30.9 Å². The molecule has 0 aliphatic rings. The number of rotatable bonds is 2. The first-order valence-corrected chi connectivity index (χ1v) is 5.82. The van der Waals surface area contributed by atoms with E-state index >= 15 is 0 Å². The largest absolute Gasteiger partial charge is 0.347 e. The molecular weight excluding hydrogens is 196 g/mol. The quantitative estimate of drug-likeness (QED) is 0.822. The van der Waals surface area contributed by atoms with Gasteiger partial charge in [0.25, 0.3) is 0 Å². The second-order valence-electron chi connectivity index (χ2n) is 4.57. The van der Waals surface area contributed by atoms with E-state index in [4.69, 9.17) is 5.73 Å². The highest BCUT2D eigenvalue weighted by Crippen LogP contribution is 2.28. The molecule has 16 heavy (non-hydrogen) atoms. The number of aromatic nitrogens is 1. The summed E-state index contributed by atoms with van der Waals surface area (Å²) >= 11 is 0. The van der Waals surface area contributed by atoms with Crippen LogP contribution in [0, 0.1) is 20.8 Å². The summed E-state index contributed by atoms with van der Waals surface area (Å²) in [6.45, 7) is 7.27. The number of nitrogens with zero attached hydrogens (tertiary/aromatic N) is 1. The zero-order valence-electron chi connectivity index (χ0n) is 10.6. The Balaban J connectivity index is 2.83. The van der Waals surface area contributed by atoms with Gasteiger partial charge in [0, 0.05) is 24.5 Å². The third-order valence-electron chi connectivity index (χ3n) is 3.66. The van der Waals surface area contributed by atoms with Crippen molar-refractivity contribution < 1.29 is 0 Å². The van der Waals surface area contributed by atoms with Gasteiger partial charge in [0.2, 0.25) is 0 Å². The normalized spacial score (nSPS) is 11.3. The summed E-state index contributed by atoms with van der Waals surface area (Å²) in [5.74, 6) is 0. The Labute approximate surface area is 97.1 Å². The van der Waals surface area contributed by atoms with Gasteiger partial charge in [-0.1, -0.05) is 12.1 Å². The van der Waals surface area contributed by atoms with Gasteiger partial charge in [-0.3, -0.25) is 0 Å². The lowest BCUT2D eigenvalue weighted by Gasteiger charge is -2.06. The molecule has 0 amide bonds. The number of benzene rings is 1. The molecule has 0 bridgehead atoms. The number of nitrogens with two attached hydrogens (primary N) is 1. The molecule has 0 aliphatic carbocycles. The maximum atomic E-state index is 5.67. The van der Waals surface area contributed by atoms with Gasteiger partial charge in [0.15, 0.2) is 0 Å². The SMILES string of the molecule is Cc1ccc2c(C)c(CCN)n(C)c2c1C. The summed E-state index contributed by atoms with van der Waals surface area (Å²) in [5, 5.41) is 1.37. The maximum Gasteiger partial charge on any atom is 0.0515 e. The van der Waals surface area contributed by atoms with Gasteiger partial charge in [-0.25, -0.2) is 0 Å². The number of hydrogen-bond acceptors (Lipinski definition) is 1. The fourth-order valence-corrected chi connectivity index (χ4v) is 2.57. The molecule has 0 fully saturated rings. The summed E-state index contributed by atoms with van der Waals surface area (Å²) in [6, 6.07) is 4.43. The van der Waals surface area contributed by atoms with E-state index in [2.05, 4.69) is 44.5 Å². The van der Waals surface area contributed by atoms with Gasteiger partial charge >= 0.3 is 0 Å². The van der Waals surface area contributed by atoms with Crippen molar-refractivity contribution in [3.8, 4) is 0 Å². The average molecular weight is 216 g/mol. The molecule has 1 aromatic carbocycles. The van der Waals surface area contributed by atoms with Gasteiger partial charge in [0.05, 0.1) is 5.52 Å². The highest BCUT2D eigenvalue weighted by molar-refractivity contribution is 5.88. The lowest BCUT2D eigenvalue weighted by molar-refractivity contribution is 0.818. The zero-order chi connectivity index (χ0) is 11.9. The van der Waals surface area contributed by atoms with Crippen LogP contribution in [0.3, 0.4) is 0 Å². The van der Waals surface area contributed by atoms with E-state index in [1.165, 1.54) is 33.3 Å². The lowest BCUT2D eigenvalue weighted by Crippen LogP contribution is -2.07. The van der Waals surface area contributed by atoms with Crippen molar-refractivity contribution in [2.45, 2.75) is 27.2 Å². The third kappa shape index (κ3) is 1.45. The Morgan fingerprint density at radius 3 is 2.44 bits per heavy atom. The van der Waals surface area contributed by atoms with E-state index in [0.717, 1.165) is 6.42 Å². The molecule has 0 saturated carbocycles. The number of hydrogen-bond donors (Lipinski definition) is 1. The average Bonchev–Trinajstić information content (AvgIpc) is 2.49. The van der Waals surface area contributed by atoms with Crippen molar-refractivity contribution in [3.63, 3.8) is 0 Å². The standard InChI is InChI=1S/C14H20N2/c1-9-5-6-12-11(3)13(7-8-15)16(4)14(12)10(9)2/h5-6H,7-8,15H2,1-4H3. The fourth-order valence-electron chi connectivity index (χ4n) is 2.57. The molecule has 0 atom stereocenters. The fraction of sp³-hybridized carbons (Fsp3) is 0.429. The predicted molar refractivity (Wildman–Crippen MR) is 69.9 cm³/mol. The monoisotopic (exact) mass is 216 g/mol. The molecule has 2 aromatic rings. The molecule has 0 unspecified atom stereocenters. The van der Waals surface area contributed by atoms with Crippen LogP contribution in [0.4, 0.5) is 0 Å². The Morgan fingerprint density at radius 1 is 1.12 bits per heavy atom. The van der Waals surface area contributed by atoms with Crippen LogP contribution < -0.4 is 5.73 Å². The van der Waals surface area contributed by atoms with Crippen LogP contribution in [-0.2, 0) is 13.5 Å². The van der Waals surface area contributed by atoms with Crippen LogP contribution in [0.1, 0.15) is 22.4 Å². The minimum absolute atomic E-state index is 0.711. The first kappa shape index (κ1) is 11.2. The van der Waals surface area contributed by atoms with E-state index in [-0.39, 0.29) is 0 Å². The van der Waals surface area contributed by atoms with E-state index < -0.39 is 0 Å². The van der Waals surface area contributed by atoms with Crippen LogP contribution in [0.15, 0.2) is 12.1 Å². The number of aryl methyl sites for hydroxylation is 4. The molecule has 0 aliphatic heterocycles. The minimum Gasteiger partial charge on any atom is -0.347 e. The second kappa shape index (κ2) is 3.95.